The lowest BCUT2D eigenvalue weighted by molar-refractivity contribution is 0.170. The molecule has 3 nitrogen and oxygen atoms in total. The second kappa shape index (κ2) is 7.60. The van der Waals surface area contributed by atoms with E-state index in [9.17, 15) is 4.39 Å². The SMILES string of the molecule is CNCCC1CCN(Cc2cc(F)ccc2OC)CC1. The number of piperidine rings is 1. The maximum Gasteiger partial charge on any atom is 0.123 e. The van der Waals surface area contributed by atoms with Gasteiger partial charge in [0.2, 0.25) is 0 Å². The number of nitrogens with zero attached hydrogens (tertiary/aromatic N) is 1. The molecular weight excluding hydrogens is 255 g/mol. The Morgan fingerprint density at radius 2 is 2.10 bits per heavy atom. The van der Waals surface area contributed by atoms with Gasteiger partial charge in [0.05, 0.1) is 7.11 Å². The molecule has 1 aromatic carbocycles. The van der Waals surface area contributed by atoms with Gasteiger partial charge in [-0.3, -0.25) is 4.90 Å². The second-order valence-corrected chi connectivity index (χ2v) is 5.57. The maximum atomic E-state index is 13.4. The summed E-state index contributed by atoms with van der Waals surface area (Å²) >= 11 is 0. The quantitative estimate of drug-likeness (QED) is 0.867. The highest BCUT2D eigenvalue weighted by atomic mass is 19.1. The van der Waals surface area contributed by atoms with Crippen LogP contribution in [-0.2, 0) is 6.54 Å². The summed E-state index contributed by atoms with van der Waals surface area (Å²) in [6.07, 6.45) is 3.73. The Bertz CT molecular complexity index is 417. The van der Waals surface area contributed by atoms with Crippen LogP contribution in [0, 0.1) is 11.7 Å². The molecule has 0 bridgehead atoms. The minimum Gasteiger partial charge on any atom is -0.496 e. The van der Waals surface area contributed by atoms with Crippen molar-refractivity contribution in [1.82, 2.24) is 10.2 Å². The summed E-state index contributed by atoms with van der Waals surface area (Å²) < 4.78 is 18.7. The molecule has 1 heterocycles. The molecule has 0 unspecified atom stereocenters. The Balaban J connectivity index is 1.87. The van der Waals surface area contributed by atoms with Gasteiger partial charge < -0.3 is 10.1 Å². The average Bonchev–Trinajstić information content (AvgIpc) is 2.47. The molecule has 1 N–H and O–H groups in total. The number of hydrogen-bond acceptors (Lipinski definition) is 3. The highest BCUT2D eigenvalue weighted by Gasteiger charge is 2.19. The van der Waals surface area contributed by atoms with E-state index >= 15 is 0 Å². The van der Waals surface area contributed by atoms with Gasteiger partial charge in [0, 0.05) is 12.1 Å². The van der Waals surface area contributed by atoms with E-state index in [-0.39, 0.29) is 5.82 Å². The third kappa shape index (κ3) is 4.18. The average molecular weight is 280 g/mol. The molecule has 1 saturated heterocycles. The molecule has 1 fully saturated rings. The van der Waals surface area contributed by atoms with Crippen molar-refractivity contribution in [3.8, 4) is 5.75 Å². The third-order valence-corrected chi connectivity index (χ3v) is 4.15. The first kappa shape index (κ1) is 15.3. The summed E-state index contributed by atoms with van der Waals surface area (Å²) in [7, 11) is 3.64. The molecule has 0 aliphatic carbocycles. The number of likely N-dealkylation sites (tertiary alicyclic amines) is 1. The molecule has 0 spiro atoms. The van der Waals surface area contributed by atoms with Gasteiger partial charge in [-0.25, -0.2) is 4.39 Å². The van der Waals surface area contributed by atoms with Crippen LogP contribution in [0.5, 0.6) is 5.75 Å². The van der Waals surface area contributed by atoms with Gasteiger partial charge >= 0.3 is 0 Å². The lowest BCUT2D eigenvalue weighted by Gasteiger charge is -2.32. The summed E-state index contributed by atoms with van der Waals surface area (Å²) in [6, 6.07) is 4.75. The Morgan fingerprint density at radius 1 is 1.35 bits per heavy atom. The zero-order valence-electron chi connectivity index (χ0n) is 12.5. The fourth-order valence-corrected chi connectivity index (χ4v) is 2.89. The fourth-order valence-electron chi connectivity index (χ4n) is 2.89. The van der Waals surface area contributed by atoms with Crippen LogP contribution < -0.4 is 10.1 Å². The Morgan fingerprint density at radius 3 is 2.75 bits per heavy atom. The van der Waals surface area contributed by atoms with Crippen LogP contribution in [-0.4, -0.2) is 38.7 Å². The van der Waals surface area contributed by atoms with Gasteiger partial charge in [-0.05, 0) is 70.1 Å². The zero-order valence-corrected chi connectivity index (χ0v) is 12.5. The van der Waals surface area contributed by atoms with E-state index < -0.39 is 0 Å². The van der Waals surface area contributed by atoms with Crippen molar-refractivity contribution in [2.24, 2.45) is 5.92 Å². The number of benzene rings is 1. The molecule has 0 atom stereocenters. The minimum atomic E-state index is -0.190. The van der Waals surface area contributed by atoms with E-state index in [4.69, 9.17) is 4.74 Å². The van der Waals surface area contributed by atoms with Crippen molar-refractivity contribution < 1.29 is 9.13 Å². The molecule has 2 rings (SSSR count). The number of nitrogens with one attached hydrogen (secondary N) is 1. The van der Waals surface area contributed by atoms with Crippen LogP contribution >= 0.6 is 0 Å². The first-order valence-electron chi connectivity index (χ1n) is 7.42. The Hall–Kier alpha value is -1.13. The predicted molar refractivity (Wildman–Crippen MR) is 79.5 cm³/mol. The van der Waals surface area contributed by atoms with Crippen LogP contribution in [0.2, 0.25) is 0 Å². The van der Waals surface area contributed by atoms with Crippen LogP contribution in [0.15, 0.2) is 18.2 Å². The smallest absolute Gasteiger partial charge is 0.123 e. The lowest BCUT2D eigenvalue weighted by atomic mass is 9.93. The van der Waals surface area contributed by atoms with Gasteiger partial charge in [0.1, 0.15) is 11.6 Å². The first-order valence-corrected chi connectivity index (χ1v) is 7.42. The van der Waals surface area contributed by atoms with Crippen LogP contribution in [0.4, 0.5) is 4.39 Å². The topological polar surface area (TPSA) is 24.5 Å². The number of rotatable bonds is 6. The molecule has 0 aromatic heterocycles. The van der Waals surface area contributed by atoms with Crippen LogP contribution in [0.1, 0.15) is 24.8 Å². The normalized spacial score (nSPS) is 17.4. The highest BCUT2D eigenvalue weighted by Crippen LogP contribution is 2.25. The number of hydrogen-bond donors (Lipinski definition) is 1. The predicted octanol–water partition coefficient (Wildman–Crippen LogP) is 2.66. The first-order chi connectivity index (χ1) is 9.72. The second-order valence-electron chi connectivity index (χ2n) is 5.57. The summed E-state index contributed by atoms with van der Waals surface area (Å²) in [5.41, 5.74) is 0.946. The van der Waals surface area contributed by atoms with Crippen molar-refractivity contribution in [1.29, 1.82) is 0 Å². The molecule has 0 radical (unpaired) electrons. The van der Waals surface area contributed by atoms with E-state index in [0.29, 0.717) is 0 Å². The highest BCUT2D eigenvalue weighted by molar-refractivity contribution is 5.33. The van der Waals surface area contributed by atoms with E-state index in [1.165, 1.54) is 25.3 Å². The molecule has 1 aliphatic rings. The number of methoxy groups -OCH3 is 1. The van der Waals surface area contributed by atoms with Crippen LogP contribution in [0.3, 0.4) is 0 Å². The van der Waals surface area contributed by atoms with Crippen LogP contribution in [0.25, 0.3) is 0 Å². The summed E-state index contributed by atoms with van der Waals surface area (Å²) in [6.45, 7) is 4.06. The monoisotopic (exact) mass is 280 g/mol. The van der Waals surface area contributed by atoms with E-state index in [1.54, 1.807) is 19.2 Å². The molecule has 112 valence electrons. The molecule has 20 heavy (non-hydrogen) atoms. The van der Waals surface area contributed by atoms with Crippen molar-refractivity contribution in [2.75, 3.05) is 33.8 Å². The van der Waals surface area contributed by atoms with Gasteiger partial charge in [-0.2, -0.15) is 0 Å². The van der Waals surface area contributed by atoms with E-state index in [2.05, 4.69) is 10.2 Å². The standard InChI is InChI=1S/C16H25FN2O/c1-18-8-5-13-6-9-19(10-7-13)12-14-11-15(17)3-4-16(14)20-2/h3-4,11,13,18H,5-10,12H2,1-2H3. The van der Waals surface area contributed by atoms with Crippen molar-refractivity contribution >= 4 is 0 Å². The largest absolute Gasteiger partial charge is 0.496 e. The van der Waals surface area contributed by atoms with E-state index in [1.807, 2.05) is 7.05 Å². The lowest BCUT2D eigenvalue weighted by Crippen LogP contribution is -2.34. The minimum absolute atomic E-state index is 0.190. The molecule has 1 aromatic rings. The van der Waals surface area contributed by atoms with Crippen molar-refractivity contribution in [2.45, 2.75) is 25.8 Å². The summed E-state index contributed by atoms with van der Waals surface area (Å²) in [5.74, 6) is 1.42. The molecule has 0 amide bonds. The fraction of sp³-hybridized carbons (Fsp3) is 0.625. The summed E-state index contributed by atoms with van der Waals surface area (Å²) in [4.78, 5) is 2.40. The number of ether oxygens (including phenoxy) is 1. The van der Waals surface area contributed by atoms with Gasteiger partial charge in [-0.1, -0.05) is 0 Å². The third-order valence-electron chi connectivity index (χ3n) is 4.15. The molecule has 4 heteroatoms. The molecular formula is C16H25FN2O. The Kier molecular flexibility index (Phi) is 5.80. The zero-order chi connectivity index (χ0) is 14.4. The Labute approximate surface area is 121 Å². The maximum absolute atomic E-state index is 13.4. The van der Waals surface area contributed by atoms with Gasteiger partial charge in [0.25, 0.3) is 0 Å². The summed E-state index contributed by atoms with van der Waals surface area (Å²) in [5, 5.41) is 3.22. The van der Waals surface area contributed by atoms with Crippen molar-refractivity contribution in [3.05, 3.63) is 29.6 Å². The van der Waals surface area contributed by atoms with Gasteiger partial charge in [0.15, 0.2) is 0 Å². The van der Waals surface area contributed by atoms with E-state index in [0.717, 1.165) is 43.4 Å². The molecule has 0 saturated carbocycles. The molecule has 1 aliphatic heterocycles. The van der Waals surface area contributed by atoms with Gasteiger partial charge in [-0.15, -0.1) is 0 Å². The van der Waals surface area contributed by atoms with Crippen molar-refractivity contribution in [3.63, 3.8) is 0 Å². The number of halogens is 1.